The van der Waals surface area contributed by atoms with Crippen LogP contribution < -0.4 is 0 Å². The zero-order valence-electron chi connectivity index (χ0n) is 10.9. The van der Waals surface area contributed by atoms with Crippen LogP contribution in [0.5, 0.6) is 0 Å². The van der Waals surface area contributed by atoms with Crippen molar-refractivity contribution in [3.8, 4) is 0 Å². The lowest BCUT2D eigenvalue weighted by Crippen LogP contribution is -2.09. The number of rotatable bonds is 4. The second-order valence-electron chi connectivity index (χ2n) is 4.24. The molecule has 2 aromatic heterocycles. The van der Waals surface area contributed by atoms with Gasteiger partial charge in [0.05, 0.1) is 5.69 Å². The first kappa shape index (κ1) is 13.0. The first-order valence-electron chi connectivity index (χ1n) is 6.18. The molecule has 2 heterocycles. The van der Waals surface area contributed by atoms with Crippen LogP contribution in [0.15, 0.2) is 12.1 Å². The van der Waals surface area contributed by atoms with Crippen LogP contribution in [0.3, 0.4) is 0 Å². The predicted octanol–water partition coefficient (Wildman–Crippen LogP) is 2.81. The van der Waals surface area contributed by atoms with Crippen molar-refractivity contribution in [1.82, 2.24) is 19.7 Å². The second-order valence-corrected chi connectivity index (χ2v) is 4.63. The van der Waals surface area contributed by atoms with E-state index in [1.54, 1.807) is 6.07 Å². The Labute approximate surface area is 112 Å². The minimum absolute atomic E-state index is 0.485. The molecule has 96 valence electrons. The van der Waals surface area contributed by atoms with Crippen molar-refractivity contribution in [2.24, 2.45) is 0 Å². The standard InChI is InChI=1S/C13H17ClN4/c1-4-10-7-11(5-2)18(17-10)8-13-15-9(3)6-12(14)16-13/h6-7H,4-5,8H2,1-3H3. The molecule has 0 N–H and O–H groups in total. The summed E-state index contributed by atoms with van der Waals surface area (Å²) in [5.74, 6) is 0.709. The van der Waals surface area contributed by atoms with Gasteiger partial charge in [0.1, 0.15) is 11.7 Å². The fraction of sp³-hybridized carbons (Fsp3) is 0.462. The van der Waals surface area contributed by atoms with Crippen LogP contribution in [0.4, 0.5) is 0 Å². The van der Waals surface area contributed by atoms with Crippen LogP contribution in [0, 0.1) is 6.92 Å². The summed E-state index contributed by atoms with van der Waals surface area (Å²) >= 11 is 5.94. The molecule has 0 aliphatic heterocycles. The third-order valence-electron chi connectivity index (χ3n) is 2.80. The van der Waals surface area contributed by atoms with Crippen molar-refractivity contribution >= 4 is 11.6 Å². The van der Waals surface area contributed by atoms with Crippen molar-refractivity contribution in [1.29, 1.82) is 0 Å². The lowest BCUT2D eigenvalue weighted by atomic mass is 10.2. The minimum Gasteiger partial charge on any atom is -0.262 e. The maximum Gasteiger partial charge on any atom is 0.151 e. The summed E-state index contributed by atoms with van der Waals surface area (Å²) in [6, 6.07) is 3.89. The van der Waals surface area contributed by atoms with E-state index in [0.29, 0.717) is 17.5 Å². The molecule has 0 fully saturated rings. The normalized spacial score (nSPS) is 10.9. The molecule has 0 aliphatic carbocycles. The predicted molar refractivity (Wildman–Crippen MR) is 71.9 cm³/mol. The van der Waals surface area contributed by atoms with Gasteiger partial charge in [0.15, 0.2) is 5.82 Å². The Bertz CT molecular complexity index is 528. The fourth-order valence-corrected chi connectivity index (χ4v) is 2.16. The van der Waals surface area contributed by atoms with E-state index in [0.717, 1.165) is 24.2 Å². The van der Waals surface area contributed by atoms with Crippen molar-refractivity contribution in [3.05, 3.63) is 40.2 Å². The van der Waals surface area contributed by atoms with Gasteiger partial charge in [-0.1, -0.05) is 25.4 Å². The Morgan fingerprint density at radius 1 is 1.17 bits per heavy atom. The summed E-state index contributed by atoms with van der Waals surface area (Å²) in [5, 5.41) is 5.03. The smallest absolute Gasteiger partial charge is 0.151 e. The highest BCUT2D eigenvalue weighted by Crippen LogP contribution is 2.11. The van der Waals surface area contributed by atoms with Gasteiger partial charge in [0, 0.05) is 11.4 Å². The molecule has 18 heavy (non-hydrogen) atoms. The summed E-state index contributed by atoms with van der Waals surface area (Å²) in [5.41, 5.74) is 3.18. The lowest BCUT2D eigenvalue weighted by Gasteiger charge is -2.05. The van der Waals surface area contributed by atoms with Crippen LogP contribution in [-0.2, 0) is 19.4 Å². The van der Waals surface area contributed by atoms with Gasteiger partial charge in [-0.05, 0) is 31.9 Å². The van der Waals surface area contributed by atoms with Gasteiger partial charge < -0.3 is 0 Å². The topological polar surface area (TPSA) is 43.6 Å². The van der Waals surface area contributed by atoms with Gasteiger partial charge in [-0.2, -0.15) is 5.10 Å². The fourth-order valence-electron chi connectivity index (χ4n) is 1.90. The van der Waals surface area contributed by atoms with Crippen molar-refractivity contribution in [3.63, 3.8) is 0 Å². The molecule has 4 nitrogen and oxygen atoms in total. The van der Waals surface area contributed by atoms with E-state index >= 15 is 0 Å². The average Bonchev–Trinajstić information content (AvgIpc) is 2.70. The lowest BCUT2D eigenvalue weighted by molar-refractivity contribution is 0.615. The first-order valence-corrected chi connectivity index (χ1v) is 6.55. The van der Waals surface area contributed by atoms with E-state index in [1.165, 1.54) is 5.69 Å². The van der Waals surface area contributed by atoms with Gasteiger partial charge in [0.2, 0.25) is 0 Å². The molecular formula is C13H17ClN4. The second kappa shape index (κ2) is 5.48. The molecule has 0 amide bonds. The minimum atomic E-state index is 0.485. The Morgan fingerprint density at radius 2 is 1.94 bits per heavy atom. The molecule has 0 saturated heterocycles. The molecular weight excluding hydrogens is 248 g/mol. The molecule has 0 saturated carbocycles. The quantitative estimate of drug-likeness (QED) is 0.798. The average molecular weight is 265 g/mol. The summed E-state index contributed by atoms with van der Waals surface area (Å²) in [6.07, 6.45) is 1.89. The van der Waals surface area contributed by atoms with E-state index in [-0.39, 0.29) is 0 Å². The first-order chi connectivity index (χ1) is 8.62. The summed E-state index contributed by atoms with van der Waals surface area (Å²) in [4.78, 5) is 8.62. The number of halogens is 1. The molecule has 0 bridgehead atoms. The van der Waals surface area contributed by atoms with Crippen LogP contribution in [-0.4, -0.2) is 19.7 Å². The molecule has 0 atom stereocenters. The number of nitrogens with zero attached hydrogens (tertiary/aromatic N) is 4. The zero-order chi connectivity index (χ0) is 13.1. The van der Waals surface area contributed by atoms with E-state index in [4.69, 9.17) is 11.6 Å². The number of hydrogen-bond donors (Lipinski definition) is 0. The maximum atomic E-state index is 5.94. The SMILES string of the molecule is CCc1cc(CC)n(Cc2nc(C)cc(Cl)n2)n1. The molecule has 0 unspecified atom stereocenters. The van der Waals surface area contributed by atoms with Gasteiger partial charge >= 0.3 is 0 Å². The Hall–Kier alpha value is -1.42. The van der Waals surface area contributed by atoms with Gasteiger partial charge in [-0.3, -0.25) is 4.68 Å². The van der Waals surface area contributed by atoms with E-state index in [1.807, 2.05) is 11.6 Å². The highest BCUT2D eigenvalue weighted by atomic mass is 35.5. The van der Waals surface area contributed by atoms with Crippen molar-refractivity contribution in [2.45, 2.75) is 40.2 Å². The zero-order valence-corrected chi connectivity index (χ0v) is 11.7. The molecule has 2 aromatic rings. The molecule has 0 aromatic carbocycles. The monoisotopic (exact) mass is 264 g/mol. The third kappa shape index (κ3) is 2.88. The third-order valence-corrected chi connectivity index (χ3v) is 2.99. The Kier molecular flexibility index (Phi) is 3.97. The number of hydrogen-bond acceptors (Lipinski definition) is 3. The van der Waals surface area contributed by atoms with Crippen LogP contribution in [0.1, 0.15) is 36.8 Å². The van der Waals surface area contributed by atoms with E-state index < -0.39 is 0 Å². The summed E-state index contributed by atoms with van der Waals surface area (Å²) in [7, 11) is 0. The molecule has 0 spiro atoms. The van der Waals surface area contributed by atoms with Crippen LogP contribution in [0.2, 0.25) is 5.15 Å². The Morgan fingerprint density at radius 3 is 2.56 bits per heavy atom. The molecule has 5 heteroatoms. The molecule has 0 aliphatic rings. The summed E-state index contributed by atoms with van der Waals surface area (Å²) < 4.78 is 1.96. The number of aromatic nitrogens is 4. The maximum absolute atomic E-state index is 5.94. The molecule has 0 radical (unpaired) electrons. The van der Waals surface area contributed by atoms with Crippen molar-refractivity contribution < 1.29 is 0 Å². The van der Waals surface area contributed by atoms with Crippen LogP contribution >= 0.6 is 11.6 Å². The summed E-state index contributed by atoms with van der Waals surface area (Å²) in [6.45, 7) is 6.71. The largest absolute Gasteiger partial charge is 0.262 e. The highest BCUT2D eigenvalue weighted by molar-refractivity contribution is 6.29. The Balaban J connectivity index is 2.29. The van der Waals surface area contributed by atoms with Gasteiger partial charge in [-0.25, -0.2) is 9.97 Å². The van der Waals surface area contributed by atoms with Gasteiger partial charge in [0.25, 0.3) is 0 Å². The van der Waals surface area contributed by atoms with E-state index in [9.17, 15) is 0 Å². The molecule has 2 rings (SSSR count). The number of aryl methyl sites for hydroxylation is 3. The highest BCUT2D eigenvalue weighted by Gasteiger charge is 2.08. The van der Waals surface area contributed by atoms with Crippen LogP contribution in [0.25, 0.3) is 0 Å². The van der Waals surface area contributed by atoms with Crippen molar-refractivity contribution in [2.75, 3.05) is 0 Å². The van der Waals surface area contributed by atoms with E-state index in [2.05, 4.69) is 35.0 Å². The van der Waals surface area contributed by atoms with Gasteiger partial charge in [-0.15, -0.1) is 0 Å².